The van der Waals surface area contributed by atoms with Crippen molar-refractivity contribution in [2.24, 2.45) is 0 Å². The number of carboxylic acids is 1. The van der Waals surface area contributed by atoms with Gasteiger partial charge in [0.25, 0.3) is 0 Å². The van der Waals surface area contributed by atoms with Gasteiger partial charge in [0, 0.05) is 18.9 Å². The molecule has 0 saturated heterocycles. The van der Waals surface area contributed by atoms with Crippen LogP contribution in [0.25, 0.3) is 0 Å². The van der Waals surface area contributed by atoms with Gasteiger partial charge < -0.3 is 14.7 Å². The van der Waals surface area contributed by atoms with E-state index in [1.807, 2.05) is 0 Å². The Bertz CT molecular complexity index is 338. The summed E-state index contributed by atoms with van der Waals surface area (Å²) in [6.45, 7) is 2.05. The molecular formula is C13H21NO5. The number of nitrogens with zero attached hydrogens (tertiary/aromatic N) is 1. The number of amides is 1. The molecule has 1 fully saturated rings. The minimum atomic E-state index is -0.849. The van der Waals surface area contributed by atoms with Crippen LogP contribution in [0.2, 0.25) is 0 Å². The van der Waals surface area contributed by atoms with Gasteiger partial charge in [0.15, 0.2) is 0 Å². The van der Waals surface area contributed by atoms with Crippen molar-refractivity contribution >= 4 is 17.8 Å². The van der Waals surface area contributed by atoms with E-state index in [1.54, 1.807) is 11.8 Å². The van der Waals surface area contributed by atoms with Crippen molar-refractivity contribution < 1.29 is 24.2 Å². The molecule has 1 aliphatic carbocycles. The lowest BCUT2D eigenvalue weighted by Crippen LogP contribution is -2.38. The monoisotopic (exact) mass is 271 g/mol. The average molecular weight is 271 g/mol. The highest BCUT2D eigenvalue weighted by atomic mass is 16.5. The summed E-state index contributed by atoms with van der Waals surface area (Å²) in [6.07, 6.45) is 3.26. The quantitative estimate of drug-likeness (QED) is 0.503. The highest BCUT2D eigenvalue weighted by Gasteiger charge is 2.33. The van der Waals surface area contributed by atoms with Crippen molar-refractivity contribution in [1.29, 1.82) is 0 Å². The largest absolute Gasteiger partial charge is 0.481 e. The Labute approximate surface area is 112 Å². The first kappa shape index (κ1) is 15.5. The summed E-state index contributed by atoms with van der Waals surface area (Å²) in [5.41, 5.74) is 0. The summed E-state index contributed by atoms with van der Waals surface area (Å²) in [5.74, 6) is -1.31. The number of hydrogen-bond acceptors (Lipinski definition) is 4. The predicted octanol–water partition coefficient (Wildman–Crippen LogP) is 1.19. The van der Waals surface area contributed by atoms with Crippen LogP contribution in [-0.4, -0.2) is 47.0 Å². The minimum absolute atomic E-state index is 0.0102. The molecule has 1 rings (SSSR count). The summed E-state index contributed by atoms with van der Waals surface area (Å²) in [4.78, 5) is 35.3. The third-order valence-corrected chi connectivity index (χ3v) is 2.94. The van der Waals surface area contributed by atoms with Gasteiger partial charge in [-0.2, -0.15) is 0 Å². The van der Waals surface area contributed by atoms with Crippen molar-refractivity contribution in [2.45, 2.75) is 51.5 Å². The first-order valence-corrected chi connectivity index (χ1v) is 6.71. The van der Waals surface area contributed by atoms with Crippen LogP contribution >= 0.6 is 0 Å². The van der Waals surface area contributed by atoms with Gasteiger partial charge in [0.1, 0.15) is 6.54 Å². The Morgan fingerprint density at radius 3 is 2.37 bits per heavy atom. The molecule has 6 heteroatoms. The van der Waals surface area contributed by atoms with Gasteiger partial charge in [0.2, 0.25) is 5.91 Å². The maximum absolute atomic E-state index is 12.0. The lowest BCUT2D eigenvalue weighted by molar-refractivity contribution is -0.149. The van der Waals surface area contributed by atoms with E-state index < -0.39 is 5.97 Å². The Morgan fingerprint density at radius 2 is 1.84 bits per heavy atom. The smallest absolute Gasteiger partial charge is 0.325 e. The molecule has 19 heavy (non-hydrogen) atoms. The van der Waals surface area contributed by atoms with Gasteiger partial charge in [-0.25, -0.2) is 0 Å². The number of carbonyl (C=O) groups is 3. The van der Waals surface area contributed by atoms with Crippen LogP contribution in [0.4, 0.5) is 0 Å². The lowest BCUT2D eigenvalue weighted by atomic mass is 10.2. The van der Waals surface area contributed by atoms with Crippen LogP contribution in [0.1, 0.15) is 45.4 Å². The van der Waals surface area contributed by atoms with E-state index in [-0.39, 0.29) is 30.9 Å². The molecule has 1 N–H and O–H groups in total. The highest BCUT2D eigenvalue weighted by molar-refractivity contribution is 5.82. The third-order valence-electron chi connectivity index (χ3n) is 2.94. The fourth-order valence-corrected chi connectivity index (χ4v) is 1.85. The molecule has 0 radical (unpaired) electrons. The number of carboxylic acid groups (broad SMARTS) is 1. The molecule has 108 valence electrons. The molecule has 0 heterocycles. The third kappa shape index (κ3) is 6.22. The highest BCUT2D eigenvalue weighted by Crippen LogP contribution is 2.27. The van der Waals surface area contributed by atoms with Crippen molar-refractivity contribution in [3.8, 4) is 0 Å². The van der Waals surface area contributed by atoms with Crippen LogP contribution in [0.15, 0.2) is 0 Å². The van der Waals surface area contributed by atoms with E-state index in [2.05, 4.69) is 0 Å². The number of esters is 1. The molecule has 0 spiro atoms. The Hall–Kier alpha value is -1.59. The summed E-state index contributed by atoms with van der Waals surface area (Å²) in [6, 6.07) is 0.163. The second kappa shape index (κ2) is 7.76. The second-order valence-corrected chi connectivity index (χ2v) is 4.66. The number of carbonyl (C=O) groups excluding carboxylic acids is 2. The van der Waals surface area contributed by atoms with E-state index >= 15 is 0 Å². The summed E-state index contributed by atoms with van der Waals surface area (Å²) >= 11 is 0. The van der Waals surface area contributed by atoms with E-state index in [0.717, 1.165) is 12.8 Å². The fourth-order valence-electron chi connectivity index (χ4n) is 1.85. The zero-order valence-electron chi connectivity index (χ0n) is 11.3. The maximum atomic E-state index is 12.0. The van der Waals surface area contributed by atoms with Crippen molar-refractivity contribution in [3.05, 3.63) is 0 Å². The molecule has 1 saturated carbocycles. The van der Waals surface area contributed by atoms with Crippen LogP contribution in [0.5, 0.6) is 0 Å². The molecule has 0 aromatic carbocycles. The predicted molar refractivity (Wildman–Crippen MR) is 67.5 cm³/mol. The van der Waals surface area contributed by atoms with E-state index in [9.17, 15) is 14.4 Å². The Kier molecular flexibility index (Phi) is 6.32. The van der Waals surface area contributed by atoms with Gasteiger partial charge in [-0.1, -0.05) is 0 Å². The average Bonchev–Trinajstić information content (AvgIpc) is 3.15. The lowest BCUT2D eigenvalue weighted by Gasteiger charge is -2.21. The number of ether oxygens (including phenoxy) is 1. The van der Waals surface area contributed by atoms with Gasteiger partial charge in [-0.15, -0.1) is 0 Å². The fraction of sp³-hybridized carbons (Fsp3) is 0.769. The van der Waals surface area contributed by atoms with Crippen LogP contribution in [0.3, 0.4) is 0 Å². The zero-order chi connectivity index (χ0) is 14.3. The first-order chi connectivity index (χ1) is 9.04. The zero-order valence-corrected chi connectivity index (χ0v) is 11.3. The minimum Gasteiger partial charge on any atom is -0.481 e. The molecule has 0 unspecified atom stereocenters. The molecule has 0 aromatic heterocycles. The first-order valence-electron chi connectivity index (χ1n) is 6.71. The Morgan fingerprint density at radius 1 is 1.21 bits per heavy atom. The number of hydrogen-bond donors (Lipinski definition) is 1. The molecule has 0 aliphatic heterocycles. The normalized spacial score (nSPS) is 13.9. The number of unbranched alkanes of at least 4 members (excludes halogenated alkanes) is 1. The van der Waals surface area contributed by atoms with E-state index in [0.29, 0.717) is 25.9 Å². The number of rotatable bonds is 9. The standard InChI is InChI=1S/C13H21NO5/c1-2-19-13(18)9-14(10-7-8-10)11(15)5-3-4-6-12(16)17/h10H,2-9H2,1H3,(H,16,17). The second-order valence-electron chi connectivity index (χ2n) is 4.66. The van der Waals surface area contributed by atoms with E-state index in [4.69, 9.17) is 9.84 Å². The van der Waals surface area contributed by atoms with Crippen molar-refractivity contribution in [3.63, 3.8) is 0 Å². The Balaban J connectivity index is 2.32. The molecule has 6 nitrogen and oxygen atoms in total. The summed E-state index contributed by atoms with van der Waals surface area (Å²) in [7, 11) is 0. The van der Waals surface area contributed by atoms with Crippen molar-refractivity contribution in [1.82, 2.24) is 4.90 Å². The molecule has 1 aliphatic rings. The molecule has 0 aromatic rings. The van der Waals surface area contributed by atoms with Crippen LogP contribution in [-0.2, 0) is 19.1 Å². The summed E-state index contributed by atoms with van der Waals surface area (Å²) in [5, 5.41) is 8.51. The molecular weight excluding hydrogens is 250 g/mol. The van der Waals surface area contributed by atoms with Gasteiger partial charge >= 0.3 is 11.9 Å². The number of aliphatic carboxylic acids is 1. The molecule has 1 amide bonds. The SMILES string of the molecule is CCOC(=O)CN(C(=O)CCCCC(=O)O)C1CC1. The maximum Gasteiger partial charge on any atom is 0.325 e. The summed E-state index contributed by atoms with van der Waals surface area (Å²) < 4.78 is 4.85. The van der Waals surface area contributed by atoms with Crippen LogP contribution < -0.4 is 0 Å². The van der Waals surface area contributed by atoms with Crippen LogP contribution in [0, 0.1) is 0 Å². The topological polar surface area (TPSA) is 83.9 Å². The van der Waals surface area contributed by atoms with E-state index in [1.165, 1.54) is 0 Å². The van der Waals surface area contributed by atoms with Crippen molar-refractivity contribution in [2.75, 3.05) is 13.2 Å². The molecule has 0 bridgehead atoms. The van der Waals surface area contributed by atoms with Gasteiger partial charge in [-0.05, 0) is 32.6 Å². The van der Waals surface area contributed by atoms with Gasteiger partial charge in [0.05, 0.1) is 6.61 Å². The van der Waals surface area contributed by atoms with Gasteiger partial charge in [-0.3, -0.25) is 14.4 Å². The molecule has 0 atom stereocenters.